The van der Waals surface area contributed by atoms with Crippen molar-refractivity contribution < 1.29 is 17.9 Å². The van der Waals surface area contributed by atoms with E-state index in [-0.39, 0.29) is 21.3 Å². The molecule has 8 heteroatoms. The number of halogens is 1. The molecule has 0 aliphatic carbocycles. The molecule has 6 nitrogen and oxygen atoms in total. The maximum atomic E-state index is 12.9. The van der Waals surface area contributed by atoms with Crippen LogP contribution in [0.25, 0.3) is 0 Å². The van der Waals surface area contributed by atoms with Crippen LogP contribution in [0.15, 0.2) is 71.8 Å². The summed E-state index contributed by atoms with van der Waals surface area (Å²) >= 11 is 6.00. The second-order valence-electron chi connectivity index (χ2n) is 7.54. The first-order valence-electron chi connectivity index (χ1n) is 9.12. The normalized spacial score (nSPS) is 11.7. The number of ketones is 1. The third kappa shape index (κ3) is 5.37. The molecular formula is C22H21ClN2O4S. The van der Waals surface area contributed by atoms with E-state index in [2.05, 4.69) is 9.71 Å². The first-order valence-corrected chi connectivity index (χ1v) is 11.0. The van der Waals surface area contributed by atoms with Crippen LogP contribution in [0.2, 0.25) is 5.02 Å². The molecule has 3 aromatic rings. The summed E-state index contributed by atoms with van der Waals surface area (Å²) in [5.41, 5.74) is 0.0501. The van der Waals surface area contributed by atoms with Crippen molar-refractivity contribution in [3.63, 3.8) is 0 Å². The fourth-order valence-electron chi connectivity index (χ4n) is 2.67. The summed E-state index contributed by atoms with van der Waals surface area (Å²) in [4.78, 5) is 16.9. The number of nitrogens with zero attached hydrogens (tertiary/aromatic N) is 1. The van der Waals surface area contributed by atoms with Gasteiger partial charge < -0.3 is 4.74 Å². The van der Waals surface area contributed by atoms with Crippen molar-refractivity contribution in [1.29, 1.82) is 0 Å². The molecule has 0 bridgehead atoms. The van der Waals surface area contributed by atoms with Gasteiger partial charge >= 0.3 is 0 Å². The molecule has 0 fully saturated rings. The molecule has 0 aliphatic heterocycles. The van der Waals surface area contributed by atoms with Crippen molar-refractivity contribution in [3.8, 4) is 5.75 Å². The molecule has 0 atom stereocenters. The third-order valence-corrected chi connectivity index (χ3v) is 5.49. The van der Waals surface area contributed by atoms with Gasteiger partial charge in [-0.1, -0.05) is 41.9 Å². The molecule has 0 amide bonds. The summed E-state index contributed by atoms with van der Waals surface area (Å²) in [7, 11) is -3.99. The standard InChI is InChI=1S/C22H21ClN2O4S/c1-22(2,3)29-17-9-11-18(12-10-17)30(27,28)25-21-19(13-16(23)14-24-21)20(26)15-7-5-4-6-8-15/h4-14H,1-3H3,(H,24,25). The van der Waals surface area contributed by atoms with Gasteiger partial charge in [-0.3, -0.25) is 9.52 Å². The maximum Gasteiger partial charge on any atom is 0.263 e. The van der Waals surface area contributed by atoms with Crippen molar-refractivity contribution in [2.75, 3.05) is 4.72 Å². The Kier molecular flexibility index (Phi) is 6.14. The van der Waals surface area contributed by atoms with E-state index in [0.717, 1.165) is 0 Å². The molecule has 1 N–H and O–H groups in total. The minimum atomic E-state index is -3.99. The molecule has 0 unspecified atom stereocenters. The van der Waals surface area contributed by atoms with Crippen LogP contribution < -0.4 is 9.46 Å². The van der Waals surface area contributed by atoms with Gasteiger partial charge in [0.2, 0.25) is 0 Å². The monoisotopic (exact) mass is 444 g/mol. The first-order chi connectivity index (χ1) is 14.0. The van der Waals surface area contributed by atoms with Gasteiger partial charge in [-0.2, -0.15) is 0 Å². The zero-order valence-corrected chi connectivity index (χ0v) is 18.3. The van der Waals surface area contributed by atoms with Gasteiger partial charge in [-0.15, -0.1) is 0 Å². The van der Waals surface area contributed by atoms with Gasteiger partial charge in [-0.25, -0.2) is 13.4 Å². The zero-order chi connectivity index (χ0) is 21.9. The number of rotatable bonds is 6. The summed E-state index contributed by atoms with van der Waals surface area (Å²) in [6.45, 7) is 5.70. The highest BCUT2D eigenvalue weighted by molar-refractivity contribution is 7.92. The number of aromatic nitrogens is 1. The van der Waals surface area contributed by atoms with Gasteiger partial charge in [0.15, 0.2) is 11.6 Å². The number of pyridine rings is 1. The number of anilines is 1. The molecule has 0 aliphatic rings. The second kappa shape index (κ2) is 8.45. The maximum absolute atomic E-state index is 12.9. The highest BCUT2D eigenvalue weighted by Crippen LogP contribution is 2.25. The van der Waals surface area contributed by atoms with Crippen molar-refractivity contribution >= 4 is 33.2 Å². The fourth-order valence-corrected chi connectivity index (χ4v) is 3.85. The topological polar surface area (TPSA) is 85.4 Å². The number of benzene rings is 2. The number of hydrogen-bond acceptors (Lipinski definition) is 5. The number of sulfonamides is 1. The fraction of sp³-hybridized carbons (Fsp3) is 0.182. The summed E-state index contributed by atoms with van der Waals surface area (Å²) in [5, 5.41) is 0.223. The minimum absolute atomic E-state index is 0.0126. The molecular weight excluding hydrogens is 424 g/mol. The molecule has 156 valence electrons. The van der Waals surface area contributed by atoms with E-state index in [4.69, 9.17) is 16.3 Å². The van der Waals surface area contributed by atoms with Crippen molar-refractivity contribution in [2.24, 2.45) is 0 Å². The van der Waals surface area contributed by atoms with E-state index in [0.29, 0.717) is 11.3 Å². The third-order valence-electron chi connectivity index (χ3n) is 3.92. The lowest BCUT2D eigenvalue weighted by Crippen LogP contribution is -2.23. The second-order valence-corrected chi connectivity index (χ2v) is 9.66. The van der Waals surface area contributed by atoms with Crippen LogP contribution in [-0.4, -0.2) is 24.8 Å². The Morgan fingerprint density at radius 2 is 1.67 bits per heavy atom. The Balaban J connectivity index is 1.91. The van der Waals surface area contributed by atoms with E-state index in [1.54, 1.807) is 42.5 Å². The number of nitrogens with one attached hydrogen (secondary N) is 1. The average Bonchev–Trinajstić information content (AvgIpc) is 2.68. The van der Waals surface area contributed by atoms with E-state index < -0.39 is 21.4 Å². The molecule has 0 saturated carbocycles. The van der Waals surface area contributed by atoms with E-state index >= 15 is 0 Å². The van der Waals surface area contributed by atoms with Gasteiger partial charge in [-0.05, 0) is 51.1 Å². The Labute approximate surface area is 180 Å². The zero-order valence-electron chi connectivity index (χ0n) is 16.7. The smallest absolute Gasteiger partial charge is 0.263 e. The lowest BCUT2D eigenvalue weighted by atomic mass is 10.0. The molecule has 0 radical (unpaired) electrons. The Morgan fingerprint density at radius 1 is 1.03 bits per heavy atom. The predicted molar refractivity (Wildman–Crippen MR) is 117 cm³/mol. The number of ether oxygens (including phenoxy) is 1. The molecule has 2 aromatic carbocycles. The van der Waals surface area contributed by atoms with Crippen molar-refractivity contribution in [2.45, 2.75) is 31.3 Å². The van der Waals surface area contributed by atoms with Crippen LogP contribution in [0.4, 0.5) is 5.82 Å². The number of hydrogen-bond donors (Lipinski definition) is 1. The van der Waals surface area contributed by atoms with Gasteiger partial charge in [0.1, 0.15) is 11.4 Å². The highest BCUT2D eigenvalue weighted by atomic mass is 35.5. The van der Waals surface area contributed by atoms with Crippen molar-refractivity contribution in [3.05, 3.63) is 83.0 Å². The van der Waals surface area contributed by atoms with Crippen LogP contribution in [-0.2, 0) is 10.0 Å². The molecule has 3 rings (SSSR count). The molecule has 1 aromatic heterocycles. The van der Waals surface area contributed by atoms with Gasteiger partial charge in [0, 0.05) is 11.8 Å². The highest BCUT2D eigenvalue weighted by Gasteiger charge is 2.22. The van der Waals surface area contributed by atoms with Gasteiger partial charge in [0.05, 0.1) is 15.5 Å². The lowest BCUT2D eigenvalue weighted by molar-refractivity contribution is 0.103. The van der Waals surface area contributed by atoms with Crippen LogP contribution in [0.1, 0.15) is 36.7 Å². The summed E-state index contributed by atoms with van der Waals surface area (Å²) < 4.78 is 33.8. The Morgan fingerprint density at radius 3 is 2.27 bits per heavy atom. The van der Waals surface area contributed by atoms with Crippen LogP contribution in [0.5, 0.6) is 5.75 Å². The summed E-state index contributed by atoms with van der Waals surface area (Å²) in [6, 6.07) is 15.9. The molecule has 0 spiro atoms. The minimum Gasteiger partial charge on any atom is -0.488 e. The molecule has 1 heterocycles. The van der Waals surface area contributed by atoms with E-state index in [9.17, 15) is 13.2 Å². The van der Waals surface area contributed by atoms with Crippen LogP contribution in [0.3, 0.4) is 0 Å². The van der Waals surface area contributed by atoms with Crippen LogP contribution in [0, 0.1) is 0 Å². The summed E-state index contributed by atoms with van der Waals surface area (Å²) in [6.07, 6.45) is 1.28. The number of carbonyl (C=O) groups is 1. The SMILES string of the molecule is CC(C)(C)Oc1ccc(S(=O)(=O)Nc2ncc(Cl)cc2C(=O)c2ccccc2)cc1. The van der Waals surface area contributed by atoms with Crippen molar-refractivity contribution in [1.82, 2.24) is 4.98 Å². The lowest BCUT2D eigenvalue weighted by Gasteiger charge is -2.21. The predicted octanol–water partition coefficient (Wildman–Crippen LogP) is 4.94. The quantitative estimate of drug-likeness (QED) is 0.544. The van der Waals surface area contributed by atoms with Crippen LogP contribution >= 0.6 is 11.6 Å². The summed E-state index contributed by atoms with van der Waals surface area (Å²) in [5.74, 6) is 0.0616. The Bertz CT molecular complexity index is 1160. The van der Waals surface area contributed by atoms with E-state index in [1.807, 2.05) is 20.8 Å². The number of carbonyl (C=O) groups excluding carboxylic acids is 1. The average molecular weight is 445 g/mol. The Hall–Kier alpha value is -2.90. The van der Waals surface area contributed by atoms with Gasteiger partial charge in [0.25, 0.3) is 10.0 Å². The first kappa shape index (κ1) is 21.8. The molecule has 30 heavy (non-hydrogen) atoms. The van der Waals surface area contributed by atoms with E-state index in [1.165, 1.54) is 24.4 Å². The largest absolute Gasteiger partial charge is 0.488 e. The molecule has 0 saturated heterocycles.